The van der Waals surface area contributed by atoms with Crippen molar-refractivity contribution in [1.82, 2.24) is 15.5 Å². The first kappa shape index (κ1) is 25.7. The third-order valence-corrected chi connectivity index (χ3v) is 6.65. The number of methoxy groups -OCH3 is 2. The molecule has 2 atom stereocenters. The highest BCUT2D eigenvalue weighted by Gasteiger charge is 2.36. The predicted molar refractivity (Wildman–Crippen MR) is 139 cm³/mol. The van der Waals surface area contributed by atoms with Crippen molar-refractivity contribution in [2.45, 2.75) is 38.0 Å². The SMILES string of the molecule is COc1cccc(CN[C@H]2C[C@@H](C(=O)NCCc3ccccc3F)N(Cc3ccccc3)C2)c1OC. The smallest absolute Gasteiger partial charge is 0.237 e. The summed E-state index contributed by atoms with van der Waals surface area (Å²) in [6.07, 6.45) is 1.14. The van der Waals surface area contributed by atoms with E-state index in [0.29, 0.717) is 49.5 Å². The van der Waals surface area contributed by atoms with E-state index in [9.17, 15) is 9.18 Å². The zero-order valence-corrected chi connectivity index (χ0v) is 20.9. The summed E-state index contributed by atoms with van der Waals surface area (Å²) in [7, 11) is 3.27. The van der Waals surface area contributed by atoms with Crippen LogP contribution in [-0.4, -0.2) is 50.2 Å². The van der Waals surface area contributed by atoms with E-state index in [0.717, 1.165) is 17.7 Å². The first-order chi connectivity index (χ1) is 17.6. The summed E-state index contributed by atoms with van der Waals surface area (Å²) < 4.78 is 24.9. The third-order valence-electron chi connectivity index (χ3n) is 6.65. The van der Waals surface area contributed by atoms with Crippen LogP contribution in [0.15, 0.2) is 72.8 Å². The van der Waals surface area contributed by atoms with Gasteiger partial charge < -0.3 is 20.1 Å². The monoisotopic (exact) mass is 491 g/mol. The van der Waals surface area contributed by atoms with Gasteiger partial charge in [-0.15, -0.1) is 0 Å². The van der Waals surface area contributed by atoms with Gasteiger partial charge in [-0.05, 0) is 36.1 Å². The summed E-state index contributed by atoms with van der Waals surface area (Å²) in [5.41, 5.74) is 2.78. The molecular weight excluding hydrogens is 457 g/mol. The zero-order valence-electron chi connectivity index (χ0n) is 20.9. The molecule has 1 amide bonds. The molecule has 0 radical (unpaired) electrons. The number of carbonyl (C=O) groups is 1. The Balaban J connectivity index is 1.40. The molecule has 190 valence electrons. The van der Waals surface area contributed by atoms with Crippen molar-refractivity contribution >= 4 is 5.91 Å². The molecular formula is C29H34FN3O3. The molecule has 6 nitrogen and oxygen atoms in total. The van der Waals surface area contributed by atoms with Crippen LogP contribution in [0, 0.1) is 5.82 Å². The van der Waals surface area contributed by atoms with Gasteiger partial charge in [-0.1, -0.05) is 60.7 Å². The second-order valence-electron chi connectivity index (χ2n) is 9.03. The fourth-order valence-electron chi connectivity index (χ4n) is 4.80. The van der Waals surface area contributed by atoms with Crippen molar-refractivity contribution in [3.63, 3.8) is 0 Å². The second kappa shape index (κ2) is 12.5. The molecule has 1 fully saturated rings. The number of carbonyl (C=O) groups excluding carboxylic acids is 1. The number of amides is 1. The van der Waals surface area contributed by atoms with Gasteiger partial charge in [-0.25, -0.2) is 4.39 Å². The predicted octanol–water partition coefficient (Wildman–Crippen LogP) is 3.93. The molecule has 0 aromatic heterocycles. The molecule has 3 aromatic carbocycles. The molecule has 36 heavy (non-hydrogen) atoms. The fourth-order valence-corrected chi connectivity index (χ4v) is 4.80. The first-order valence-electron chi connectivity index (χ1n) is 12.3. The van der Waals surface area contributed by atoms with Gasteiger partial charge in [-0.2, -0.15) is 0 Å². The molecule has 1 aliphatic heterocycles. The van der Waals surface area contributed by atoms with E-state index in [-0.39, 0.29) is 23.8 Å². The number of nitrogens with zero attached hydrogens (tertiary/aromatic N) is 1. The highest BCUT2D eigenvalue weighted by Crippen LogP contribution is 2.31. The number of nitrogens with one attached hydrogen (secondary N) is 2. The van der Waals surface area contributed by atoms with E-state index >= 15 is 0 Å². The van der Waals surface area contributed by atoms with Crippen molar-refractivity contribution in [1.29, 1.82) is 0 Å². The van der Waals surface area contributed by atoms with Crippen molar-refractivity contribution in [3.8, 4) is 11.5 Å². The molecule has 4 rings (SSSR count). The molecule has 7 heteroatoms. The minimum atomic E-state index is -0.268. The van der Waals surface area contributed by atoms with E-state index < -0.39 is 0 Å². The Hall–Kier alpha value is -3.42. The summed E-state index contributed by atoms with van der Waals surface area (Å²) in [6, 6.07) is 22.6. The van der Waals surface area contributed by atoms with Crippen LogP contribution in [0.3, 0.4) is 0 Å². The van der Waals surface area contributed by atoms with Crippen LogP contribution in [0.4, 0.5) is 4.39 Å². The topological polar surface area (TPSA) is 62.8 Å². The Kier molecular flexibility index (Phi) is 8.92. The summed E-state index contributed by atoms with van der Waals surface area (Å²) in [5, 5.41) is 6.64. The van der Waals surface area contributed by atoms with Crippen LogP contribution in [0.5, 0.6) is 11.5 Å². The van der Waals surface area contributed by atoms with Crippen LogP contribution in [-0.2, 0) is 24.3 Å². The number of benzene rings is 3. The Morgan fingerprint density at radius 2 is 1.72 bits per heavy atom. The maximum atomic E-state index is 14.0. The van der Waals surface area contributed by atoms with Gasteiger partial charge in [0.05, 0.1) is 20.3 Å². The normalized spacial score (nSPS) is 17.6. The van der Waals surface area contributed by atoms with Gasteiger partial charge in [-0.3, -0.25) is 9.69 Å². The molecule has 1 heterocycles. The first-order valence-corrected chi connectivity index (χ1v) is 12.3. The molecule has 1 aliphatic rings. The lowest BCUT2D eigenvalue weighted by Gasteiger charge is -2.23. The maximum absolute atomic E-state index is 14.0. The number of rotatable bonds is 11. The summed E-state index contributed by atoms with van der Waals surface area (Å²) in [6.45, 7) is 2.43. The number of halogens is 1. The van der Waals surface area contributed by atoms with Gasteiger partial charge in [0, 0.05) is 37.8 Å². The maximum Gasteiger partial charge on any atom is 0.237 e. The quantitative estimate of drug-likeness (QED) is 0.426. The summed E-state index contributed by atoms with van der Waals surface area (Å²) >= 11 is 0. The van der Waals surface area contributed by atoms with E-state index in [1.54, 1.807) is 26.4 Å². The van der Waals surface area contributed by atoms with Crippen LogP contribution in [0.2, 0.25) is 0 Å². The van der Waals surface area contributed by atoms with Crippen molar-refractivity contribution < 1.29 is 18.7 Å². The molecule has 0 spiro atoms. The molecule has 0 saturated carbocycles. The average molecular weight is 492 g/mol. The van der Waals surface area contributed by atoms with Crippen LogP contribution < -0.4 is 20.1 Å². The number of ether oxygens (including phenoxy) is 2. The van der Waals surface area contributed by atoms with Crippen molar-refractivity contribution in [2.24, 2.45) is 0 Å². The molecule has 0 bridgehead atoms. The van der Waals surface area contributed by atoms with Crippen LogP contribution in [0.1, 0.15) is 23.1 Å². The molecule has 0 aliphatic carbocycles. The Morgan fingerprint density at radius 1 is 0.972 bits per heavy atom. The third kappa shape index (κ3) is 6.42. The molecule has 1 saturated heterocycles. The number of para-hydroxylation sites is 1. The molecule has 0 unspecified atom stereocenters. The largest absolute Gasteiger partial charge is 0.493 e. The number of hydrogen-bond acceptors (Lipinski definition) is 5. The van der Waals surface area contributed by atoms with Crippen molar-refractivity contribution in [2.75, 3.05) is 27.3 Å². The lowest BCUT2D eigenvalue weighted by Crippen LogP contribution is -2.43. The lowest BCUT2D eigenvalue weighted by atomic mass is 10.1. The highest BCUT2D eigenvalue weighted by molar-refractivity contribution is 5.82. The van der Waals surface area contributed by atoms with Crippen molar-refractivity contribution in [3.05, 3.63) is 95.3 Å². The number of hydrogen-bond donors (Lipinski definition) is 2. The summed E-state index contributed by atoms with van der Waals surface area (Å²) in [5.74, 6) is 1.15. The lowest BCUT2D eigenvalue weighted by molar-refractivity contribution is -0.125. The minimum absolute atomic E-state index is 0.0227. The summed E-state index contributed by atoms with van der Waals surface area (Å²) in [4.78, 5) is 15.4. The van der Waals surface area contributed by atoms with E-state index in [1.807, 2.05) is 42.5 Å². The molecule has 2 N–H and O–H groups in total. The van der Waals surface area contributed by atoms with Gasteiger partial charge >= 0.3 is 0 Å². The van der Waals surface area contributed by atoms with Gasteiger partial charge in [0.25, 0.3) is 0 Å². The van der Waals surface area contributed by atoms with Gasteiger partial charge in [0.1, 0.15) is 5.82 Å². The van der Waals surface area contributed by atoms with Gasteiger partial charge in [0.15, 0.2) is 11.5 Å². The van der Waals surface area contributed by atoms with E-state index in [1.165, 1.54) is 6.07 Å². The Morgan fingerprint density at radius 3 is 2.47 bits per heavy atom. The minimum Gasteiger partial charge on any atom is -0.493 e. The van der Waals surface area contributed by atoms with E-state index in [4.69, 9.17) is 9.47 Å². The Labute approximate surface area is 212 Å². The Bertz CT molecular complexity index is 1140. The standard InChI is InChI=1S/C29H34FN3O3/c1-35-27-14-8-12-23(28(27)36-2)18-32-24-17-26(33(20-24)19-21-9-4-3-5-10-21)29(34)31-16-15-22-11-6-7-13-25(22)30/h3-14,24,26,32H,15-20H2,1-2H3,(H,31,34)/t24-,26-/m0/s1. The fraction of sp³-hybridized carbons (Fsp3) is 0.345. The zero-order chi connectivity index (χ0) is 25.3. The second-order valence-corrected chi connectivity index (χ2v) is 9.03. The molecule has 3 aromatic rings. The van der Waals surface area contributed by atoms with Crippen LogP contribution in [0.25, 0.3) is 0 Å². The number of likely N-dealkylation sites (tertiary alicyclic amines) is 1. The van der Waals surface area contributed by atoms with Gasteiger partial charge in [0.2, 0.25) is 5.91 Å². The average Bonchev–Trinajstić information content (AvgIpc) is 3.31. The van der Waals surface area contributed by atoms with E-state index in [2.05, 4.69) is 27.7 Å². The highest BCUT2D eigenvalue weighted by atomic mass is 19.1. The van der Waals surface area contributed by atoms with Crippen LogP contribution >= 0.6 is 0 Å².